The molecule has 3 aromatic heterocycles. The molecule has 5 rings (SSSR count). The van der Waals surface area contributed by atoms with Crippen molar-refractivity contribution in [3.05, 3.63) is 68.7 Å². The Balaban J connectivity index is 1.44. The third-order valence-electron chi connectivity index (χ3n) is 6.62. The maximum absolute atomic E-state index is 13.5. The summed E-state index contributed by atoms with van der Waals surface area (Å²) in [5, 5.41) is 7.10. The Morgan fingerprint density at radius 3 is 2.62 bits per heavy atom. The molecule has 1 aliphatic heterocycles. The summed E-state index contributed by atoms with van der Waals surface area (Å²) < 4.78 is 6.50. The molecular formula is C28H30Cl2N8O4. The summed E-state index contributed by atoms with van der Waals surface area (Å²) in [7, 11) is 5.32. The van der Waals surface area contributed by atoms with Crippen LogP contribution in [-0.2, 0) is 4.74 Å². The lowest BCUT2D eigenvalue weighted by Gasteiger charge is -2.28. The first kappa shape index (κ1) is 29.5. The predicted molar refractivity (Wildman–Crippen MR) is 164 cm³/mol. The molecule has 42 heavy (non-hydrogen) atoms. The highest BCUT2D eigenvalue weighted by Gasteiger charge is 2.19. The van der Waals surface area contributed by atoms with Crippen LogP contribution in [-0.4, -0.2) is 91.1 Å². The van der Waals surface area contributed by atoms with E-state index in [1.165, 1.54) is 13.2 Å². The van der Waals surface area contributed by atoms with Gasteiger partial charge >= 0.3 is 0 Å². The highest BCUT2D eigenvalue weighted by Crippen LogP contribution is 2.31. The van der Waals surface area contributed by atoms with Crippen molar-refractivity contribution >= 4 is 57.6 Å². The van der Waals surface area contributed by atoms with E-state index in [4.69, 9.17) is 32.8 Å². The number of carbonyl (C=O) groups is 1. The molecule has 0 unspecified atom stereocenters. The zero-order valence-corrected chi connectivity index (χ0v) is 24.9. The van der Waals surface area contributed by atoms with Crippen molar-refractivity contribution in [2.75, 3.05) is 76.1 Å². The highest BCUT2D eigenvalue weighted by atomic mass is 35.5. The van der Waals surface area contributed by atoms with E-state index in [1.807, 2.05) is 23.9 Å². The second-order valence-electron chi connectivity index (χ2n) is 9.83. The number of halogens is 2. The fraction of sp³-hybridized carbons (Fsp3) is 0.321. The van der Waals surface area contributed by atoms with Crippen molar-refractivity contribution in [1.82, 2.24) is 24.6 Å². The van der Waals surface area contributed by atoms with Crippen LogP contribution in [0.5, 0.6) is 0 Å². The van der Waals surface area contributed by atoms with Gasteiger partial charge in [-0.1, -0.05) is 23.2 Å². The number of benzene rings is 1. The SMILES string of the molecule is COn1c(=O)c(-c2cc(NC(=O)c3cc(Cl)nc(N4CCOCC4)c3)ccc2Cl)cc2cnc(NCCN(C)C)nc21. The fourth-order valence-corrected chi connectivity index (χ4v) is 4.91. The van der Waals surface area contributed by atoms with Gasteiger partial charge in [-0.05, 0) is 50.5 Å². The van der Waals surface area contributed by atoms with Gasteiger partial charge in [-0.2, -0.15) is 4.98 Å². The molecule has 14 heteroatoms. The Kier molecular flexibility index (Phi) is 9.07. The zero-order valence-electron chi connectivity index (χ0n) is 23.4. The molecule has 0 spiro atoms. The normalized spacial score (nSPS) is 13.4. The van der Waals surface area contributed by atoms with Crippen LogP contribution in [0.2, 0.25) is 10.2 Å². The van der Waals surface area contributed by atoms with Gasteiger partial charge in [0, 0.05) is 59.6 Å². The van der Waals surface area contributed by atoms with Crippen LogP contribution in [0.15, 0.2) is 47.4 Å². The molecule has 220 valence electrons. The number of likely N-dealkylation sites (N-methyl/N-ethyl adjacent to an activating group) is 1. The number of rotatable bonds is 9. The largest absolute Gasteiger partial charge is 0.412 e. The van der Waals surface area contributed by atoms with E-state index in [2.05, 4.69) is 25.6 Å². The predicted octanol–water partition coefficient (Wildman–Crippen LogP) is 3.28. The minimum absolute atomic E-state index is 0.204. The quantitative estimate of drug-likeness (QED) is 0.272. The van der Waals surface area contributed by atoms with Crippen molar-refractivity contribution in [3.63, 3.8) is 0 Å². The summed E-state index contributed by atoms with van der Waals surface area (Å²) in [6.07, 6.45) is 1.61. The van der Waals surface area contributed by atoms with Crippen LogP contribution in [0.1, 0.15) is 10.4 Å². The van der Waals surface area contributed by atoms with Crippen LogP contribution in [0.4, 0.5) is 17.5 Å². The molecule has 1 aromatic carbocycles. The Hall–Kier alpha value is -3.97. The van der Waals surface area contributed by atoms with Crippen LogP contribution >= 0.6 is 23.2 Å². The molecule has 1 aliphatic rings. The number of nitrogens with zero attached hydrogens (tertiary/aromatic N) is 6. The minimum atomic E-state index is -0.468. The number of fused-ring (bicyclic) bond motifs is 1. The second-order valence-corrected chi connectivity index (χ2v) is 10.6. The zero-order chi connectivity index (χ0) is 29.8. The van der Waals surface area contributed by atoms with Crippen molar-refractivity contribution in [3.8, 4) is 11.1 Å². The van der Waals surface area contributed by atoms with Gasteiger partial charge in [0.25, 0.3) is 11.5 Å². The summed E-state index contributed by atoms with van der Waals surface area (Å²) in [4.78, 5) is 49.4. The lowest BCUT2D eigenvalue weighted by atomic mass is 10.1. The molecule has 0 bridgehead atoms. The minimum Gasteiger partial charge on any atom is -0.412 e. The number of hydrogen-bond acceptors (Lipinski definition) is 10. The molecule has 1 saturated heterocycles. The summed E-state index contributed by atoms with van der Waals surface area (Å²) in [5.41, 5.74) is 1.27. The fourth-order valence-electron chi connectivity index (χ4n) is 4.49. The van der Waals surface area contributed by atoms with Crippen molar-refractivity contribution in [1.29, 1.82) is 0 Å². The molecule has 0 aliphatic carbocycles. The van der Waals surface area contributed by atoms with Crippen LogP contribution in [0.3, 0.4) is 0 Å². The number of ether oxygens (including phenoxy) is 1. The molecule has 1 amide bonds. The van der Waals surface area contributed by atoms with Crippen LogP contribution in [0.25, 0.3) is 22.2 Å². The molecule has 2 N–H and O–H groups in total. The van der Waals surface area contributed by atoms with E-state index in [0.717, 1.165) is 11.3 Å². The van der Waals surface area contributed by atoms with Gasteiger partial charge in [0.05, 0.1) is 18.8 Å². The van der Waals surface area contributed by atoms with E-state index >= 15 is 0 Å². The maximum atomic E-state index is 13.5. The second kappa shape index (κ2) is 12.9. The molecule has 0 atom stereocenters. The van der Waals surface area contributed by atoms with Crippen molar-refractivity contribution in [2.24, 2.45) is 0 Å². The number of morpholine rings is 1. The molecule has 1 fully saturated rings. The number of anilines is 3. The Morgan fingerprint density at radius 2 is 1.88 bits per heavy atom. The standard InChI is InChI=1S/C28H30Cl2N8O4/c1-36(2)7-6-31-28-32-16-18-12-21(27(40)38(41-3)25(18)35-28)20-15-19(4-5-22(20)29)33-26(39)17-13-23(30)34-24(14-17)37-8-10-42-11-9-37/h4-5,12-16H,6-11H2,1-3H3,(H,33,39)(H,31,32,35). The molecule has 12 nitrogen and oxygen atoms in total. The van der Waals surface area contributed by atoms with Crippen molar-refractivity contribution in [2.45, 2.75) is 0 Å². The van der Waals surface area contributed by atoms with Crippen LogP contribution < -0.4 is 25.9 Å². The smallest absolute Gasteiger partial charge is 0.293 e. The van der Waals surface area contributed by atoms with Crippen molar-refractivity contribution < 1.29 is 14.4 Å². The van der Waals surface area contributed by atoms with Gasteiger partial charge in [-0.15, -0.1) is 4.73 Å². The Morgan fingerprint density at radius 1 is 1.10 bits per heavy atom. The van der Waals surface area contributed by atoms with Gasteiger partial charge in [0.15, 0.2) is 5.65 Å². The van der Waals surface area contributed by atoms with Gasteiger partial charge in [-0.3, -0.25) is 9.59 Å². The summed E-state index contributed by atoms with van der Waals surface area (Å²) in [5.74, 6) is 0.581. The Bertz CT molecular complexity index is 1670. The number of amides is 1. The molecule has 0 radical (unpaired) electrons. The summed E-state index contributed by atoms with van der Waals surface area (Å²) in [6.45, 7) is 3.86. The first-order valence-electron chi connectivity index (χ1n) is 13.2. The van der Waals surface area contributed by atoms with Gasteiger partial charge in [0.1, 0.15) is 18.1 Å². The molecule has 4 heterocycles. The Labute approximate surface area is 252 Å². The molecular weight excluding hydrogens is 583 g/mol. The number of nitrogens with one attached hydrogen (secondary N) is 2. The third kappa shape index (κ3) is 6.57. The average molecular weight is 614 g/mol. The first-order valence-corrected chi connectivity index (χ1v) is 14.0. The lowest BCUT2D eigenvalue weighted by Crippen LogP contribution is -2.36. The number of carbonyl (C=O) groups excluding carboxylic acids is 1. The number of hydrogen-bond donors (Lipinski definition) is 2. The topological polar surface area (TPSA) is 127 Å². The molecule has 4 aromatic rings. The molecule has 0 saturated carbocycles. The van der Waals surface area contributed by atoms with Gasteiger partial charge in [0.2, 0.25) is 5.95 Å². The van der Waals surface area contributed by atoms with E-state index in [9.17, 15) is 9.59 Å². The third-order valence-corrected chi connectivity index (χ3v) is 7.14. The van der Waals surface area contributed by atoms with E-state index < -0.39 is 11.5 Å². The number of pyridine rings is 2. The summed E-state index contributed by atoms with van der Waals surface area (Å²) >= 11 is 12.8. The van der Waals surface area contributed by atoms with Crippen LogP contribution in [0, 0.1) is 0 Å². The first-order chi connectivity index (χ1) is 20.2. The monoisotopic (exact) mass is 612 g/mol. The van der Waals surface area contributed by atoms with Gasteiger partial charge < -0.3 is 30.0 Å². The number of aromatic nitrogens is 4. The van der Waals surface area contributed by atoms with E-state index in [-0.39, 0.29) is 10.7 Å². The highest BCUT2D eigenvalue weighted by molar-refractivity contribution is 6.33. The van der Waals surface area contributed by atoms with E-state index in [0.29, 0.717) is 77.5 Å². The van der Waals surface area contributed by atoms with E-state index in [1.54, 1.807) is 36.5 Å². The summed E-state index contributed by atoms with van der Waals surface area (Å²) in [6, 6.07) is 9.74. The average Bonchev–Trinajstić information content (AvgIpc) is 2.98. The van der Waals surface area contributed by atoms with Gasteiger partial charge in [-0.25, -0.2) is 9.97 Å². The maximum Gasteiger partial charge on any atom is 0.293 e. The lowest BCUT2D eigenvalue weighted by molar-refractivity contribution is 0.102.